The molecule has 2 saturated carbocycles. The van der Waals surface area contributed by atoms with Gasteiger partial charge in [-0.25, -0.2) is 0 Å². The monoisotopic (exact) mass is 294 g/mol. The Morgan fingerprint density at radius 1 is 0.857 bits per heavy atom. The summed E-state index contributed by atoms with van der Waals surface area (Å²) in [5.41, 5.74) is 13.9. The van der Waals surface area contributed by atoms with Crippen LogP contribution in [0.25, 0.3) is 0 Å². The standard InChI is InChI=1S/C19H38N2/c1-14(2)19(15(3)4,16-10-6-5-7-11-16)18(21)13-9-8-12-17(18)20/h14-17H,5-13,20-21H2,1-4H3. The maximum absolute atomic E-state index is 7.19. The molecule has 0 bridgehead atoms. The van der Waals surface area contributed by atoms with Gasteiger partial charge in [-0.3, -0.25) is 0 Å². The van der Waals surface area contributed by atoms with Crippen LogP contribution < -0.4 is 11.5 Å². The maximum Gasteiger partial charge on any atom is 0.0372 e. The molecule has 0 amide bonds. The zero-order chi connectivity index (χ0) is 15.7. The predicted molar refractivity (Wildman–Crippen MR) is 92.0 cm³/mol. The number of nitrogens with two attached hydrogens (primary N) is 2. The van der Waals surface area contributed by atoms with E-state index in [9.17, 15) is 0 Å². The van der Waals surface area contributed by atoms with Gasteiger partial charge in [-0.1, -0.05) is 59.8 Å². The molecule has 0 spiro atoms. The van der Waals surface area contributed by atoms with E-state index in [0.717, 1.165) is 18.8 Å². The summed E-state index contributed by atoms with van der Waals surface area (Å²) >= 11 is 0. The Kier molecular flexibility index (Phi) is 5.41. The Morgan fingerprint density at radius 2 is 1.38 bits per heavy atom. The van der Waals surface area contributed by atoms with E-state index in [1.54, 1.807) is 0 Å². The first kappa shape index (κ1) is 17.3. The van der Waals surface area contributed by atoms with E-state index in [1.807, 2.05) is 0 Å². The molecule has 0 saturated heterocycles. The summed E-state index contributed by atoms with van der Waals surface area (Å²) in [6, 6.07) is 0.179. The highest BCUT2D eigenvalue weighted by Crippen LogP contribution is 2.57. The van der Waals surface area contributed by atoms with E-state index in [-0.39, 0.29) is 17.0 Å². The van der Waals surface area contributed by atoms with E-state index < -0.39 is 0 Å². The van der Waals surface area contributed by atoms with Crippen molar-refractivity contribution in [3.8, 4) is 0 Å². The fraction of sp³-hybridized carbons (Fsp3) is 1.00. The molecule has 2 rings (SSSR count). The zero-order valence-electron chi connectivity index (χ0n) is 14.8. The second-order valence-electron chi connectivity index (χ2n) is 8.47. The van der Waals surface area contributed by atoms with Gasteiger partial charge in [0.05, 0.1) is 0 Å². The minimum atomic E-state index is -0.171. The Morgan fingerprint density at radius 3 is 1.86 bits per heavy atom. The highest BCUT2D eigenvalue weighted by atomic mass is 14.9. The molecular weight excluding hydrogens is 256 g/mol. The SMILES string of the molecule is CC(C)C(C(C)C)(C1CCCCC1)C1(N)CCCCC1N. The van der Waals surface area contributed by atoms with Crippen molar-refractivity contribution >= 4 is 0 Å². The van der Waals surface area contributed by atoms with Crippen LogP contribution in [0.4, 0.5) is 0 Å². The fourth-order valence-corrected chi connectivity index (χ4v) is 6.41. The zero-order valence-corrected chi connectivity index (χ0v) is 14.8. The van der Waals surface area contributed by atoms with Crippen molar-refractivity contribution in [2.45, 2.75) is 97.1 Å². The lowest BCUT2D eigenvalue weighted by molar-refractivity contribution is -0.0880. The highest BCUT2D eigenvalue weighted by Gasteiger charge is 2.59. The summed E-state index contributed by atoms with van der Waals surface area (Å²) in [6.07, 6.45) is 11.7. The molecule has 0 radical (unpaired) electrons. The second-order valence-corrected chi connectivity index (χ2v) is 8.47. The molecule has 2 aliphatic carbocycles. The van der Waals surface area contributed by atoms with Crippen molar-refractivity contribution in [3.05, 3.63) is 0 Å². The van der Waals surface area contributed by atoms with Crippen molar-refractivity contribution in [1.82, 2.24) is 0 Å². The molecule has 2 atom stereocenters. The summed E-state index contributed by atoms with van der Waals surface area (Å²) in [4.78, 5) is 0. The lowest BCUT2D eigenvalue weighted by atomic mass is 9.46. The Hall–Kier alpha value is -0.0800. The van der Waals surface area contributed by atoms with Gasteiger partial charge in [-0.15, -0.1) is 0 Å². The topological polar surface area (TPSA) is 52.0 Å². The van der Waals surface area contributed by atoms with Gasteiger partial charge in [0.15, 0.2) is 0 Å². The molecule has 2 aliphatic rings. The van der Waals surface area contributed by atoms with E-state index in [4.69, 9.17) is 11.5 Å². The number of rotatable bonds is 4. The average Bonchev–Trinajstić information content (AvgIpc) is 2.43. The first-order chi connectivity index (χ1) is 9.87. The fourth-order valence-electron chi connectivity index (χ4n) is 6.41. The molecular formula is C19H38N2. The van der Waals surface area contributed by atoms with Gasteiger partial charge in [-0.05, 0) is 48.9 Å². The molecule has 0 aromatic heterocycles. The first-order valence-electron chi connectivity index (χ1n) is 9.41. The van der Waals surface area contributed by atoms with Gasteiger partial charge in [0, 0.05) is 11.6 Å². The molecule has 2 nitrogen and oxygen atoms in total. The van der Waals surface area contributed by atoms with Gasteiger partial charge in [0.1, 0.15) is 0 Å². The van der Waals surface area contributed by atoms with Gasteiger partial charge in [0.25, 0.3) is 0 Å². The van der Waals surface area contributed by atoms with Crippen LogP contribution in [0.5, 0.6) is 0 Å². The van der Waals surface area contributed by atoms with Crippen LogP contribution in [0.2, 0.25) is 0 Å². The first-order valence-corrected chi connectivity index (χ1v) is 9.41. The van der Waals surface area contributed by atoms with Crippen molar-refractivity contribution in [3.63, 3.8) is 0 Å². The van der Waals surface area contributed by atoms with Gasteiger partial charge in [-0.2, -0.15) is 0 Å². The summed E-state index contributed by atoms with van der Waals surface area (Å²) in [7, 11) is 0. The molecule has 2 fully saturated rings. The highest BCUT2D eigenvalue weighted by molar-refractivity contribution is 5.14. The Balaban J connectivity index is 2.47. The van der Waals surface area contributed by atoms with Crippen LogP contribution in [-0.2, 0) is 0 Å². The van der Waals surface area contributed by atoms with E-state index in [1.165, 1.54) is 44.9 Å². The summed E-state index contributed by atoms with van der Waals surface area (Å²) in [5.74, 6) is 1.98. The molecule has 4 N–H and O–H groups in total. The summed E-state index contributed by atoms with van der Waals surface area (Å²) in [5, 5.41) is 0. The summed E-state index contributed by atoms with van der Waals surface area (Å²) < 4.78 is 0. The third-order valence-electron chi connectivity index (χ3n) is 7.01. The Labute approximate surface area is 132 Å². The average molecular weight is 295 g/mol. The number of hydrogen-bond donors (Lipinski definition) is 2. The van der Waals surface area contributed by atoms with Crippen molar-refractivity contribution < 1.29 is 0 Å². The molecule has 2 unspecified atom stereocenters. The van der Waals surface area contributed by atoms with Crippen molar-refractivity contribution in [1.29, 1.82) is 0 Å². The van der Waals surface area contributed by atoms with Gasteiger partial charge in [0.2, 0.25) is 0 Å². The normalized spacial score (nSPS) is 32.9. The van der Waals surface area contributed by atoms with E-state index in [2.05, 4.69) is 27.7 Å². The Bertz CT molecular complexity index is 322. The molecule has 0 aromatic rings. The van der Waals surface area contributed by atoms with Crippen LogP contribution >= 0.6 is 0 Å². The molecule has 21 heavy (non-hydrogen) atoms. The lowest BCUT2D eigenvalue weighted by Gasteiger charge is -2.62. The molecule has 0 heterocycles. The third kappa shape index (κ3) is 2.67. The van der Waals surface area contributed by atoms with Crippen molar-refractivity contribution in [2.75, 3.05) is 0 Å². The molecule has 0 aliphatic heterocycles. The van der Waals surface area contributed by atoms with Crippen LogP contribution in [0.1, 0.15) is 85.5 Å². The quantitative estimate of drug-likeness (QED) is 0.804. The van der Waals surface area contributed by atoms with Crippen LogP contribution in [0.3, 0.4) is 0 Å². The predicted octanol–water partition coefficient (Wildman–Crippen LogP) is 4.46. The second kappa shape index (κ2) is 6.58. The smallest absolute Gasteiger partial charge is 0.0372 e. The van der Waals surface area contributed by atoms with Gasteiger partial charge < -0.3 is 11.5 Å². The lowest BCUT2D eigenvalue weighted by Crippen LogP contribution is -2.72. The minimum Gasteiger partial charge on any atom is -0.326 e. The molecule has 124 valence electrons. The molecule has 2 heteroatoms. The van der Waals surface area contributed by atoms with Gasteiger partial charge >= 0.3 is 0 Å². The van der Waals surface area contributed by atoms with Crippen LogP contribution in [0.15, 0.2) is 0 Å². The van der Waals surface area contributed by atoms with Crippen LogP contribution in [-0.4, -0.2) is 11.6 Å². The maximum atomic E-state index is 7.19. The van der Waals surface area contributed by atoms with Crippen molar-refractivity contribution in [2.24, 2.45) is 34.6 Å². The summed E-state index contributed by atoms with van der Waals surface area (Å²) in [6.45, 7) is 9.63. The third-order valence-corrected chi connectivity index (χ3v) is 7.01. The number of hydrogen-bond acceptors (Lipinski definition) is 2. The molecule has 0 aromatic carbocycles. The largest absolute Gasteiger partial charge is 0.326 e. The van der Waals surface area contributed by atoms with Crippen LogP contribution in [0, 0.1) is 23.2 Å². The minimum absolute atomic E-state index is 0.171. The van der Waals surface area contributed by atoms with E-state index >= 15 is 0 Å². The van der Waals surface area contributed by atoms with E-state index in [0.29, 0.717) is 11.8 Å².